The summed E-state index contributed by atoms with van der Waals surface area (Å²) in [5, 5.41) is 2.86. The van der Waals surface area contributed by atoms with Gasteiger partial charge in [0.1, 0.15) is 5.75 Å². The van der Waals surface area contributed by atoms with Crippen LogP contribution >= 0.6 is 15.9 Å². The van der Waals surface area contributed by atoms with Gasteiger partial charge < -0.3 is 10.1 Å². The van der Waals surface area contributed by atoms with Crippen LogP contribution in [0, 0.1) is 5.92 Å². The van der Waals surface area contributed by atoms with E-state index in [-0.39, 0.29) is 11.9 Å². The van der Waals surface area contributed by atoms with Crippen LogP contribution in [0.4, 0.5) is 0 Å². The van der Waals surface area contributed by atoms with E-state index in [0.717, 1.165) is 10.2 Å². The largest absolute Gasteiger partial charge is 0.492 e. The Kier molecular flexibility index (Phi) is 5.66. The minimum absolute atomic E-state index is 0.0684. The summed E-state index contributed by atoms with van der Waals surface area (Å²) in [5.41, 5.74) is 0.632. The Morgan fingerprint density at radius 1 is 1.33 bits per heavy atom. The third kappa shape index (κ3) is 4.69. The van der Waals surface area contributed by atoms with Gasteiger partial charge in [-0.1, -0.05) is 13.8 Å². The van der Waals surface area contributed by atoms with Crippen molar-refractivity contribution in [2.75, 3.05) is 6.61 Å². The fourth-order valence-corrected chi connectivity index (χ4v) is 1.85. The lowest BCUT2D eigenvalue weighted by molar-refractivity contribution is 0.0943. The van der Waals surface area contributed by atoms with Gasteiger partial charge >= 0.3 is 0 Å². The minimum atomic E-state index is -0.0684. The van der Waals surface area contributed by atoms with Crippen LogP contribution in [0.2, 0.25) is 0 Å². The van der Waals surface area contributed by atoms with Gasteiger partial charge in [-0.2, -0.15) is 0 Å². The van der Waals surface area contributed by atoms with Gasteiger partial charge in [-0.15, -0.1) is 0 Å². The first-order valence-corrected chi connectivity index (χ1v) is 6.92. The van der Waals surface area contributed by atoms with Gasteiger partial charge in [0.2, 0.25) is 0 Å². The molecule has 0 saturated carbocycles. The van der Waals surface area contributed by atoms with Crippen LogP contribution in [0.5, 0.6) is 5.75 Å². The van der Waals surface area contributed by atoms with Gasteiger partial charge in [0.05, 0.1) is 11.1 Å². The van der Waals surface area contributed by atoms with Crippen molar-refractivity contribution in [1.29, 1.82) is 0 Å². The molecule has 1 amide bonds. The van der Waals surface area contributed by atoms with Gasteiger partial charge in [-0.3, -0.25) is 4.79 Å². The minimum Gasteiger partial charge on any atom is -0.492 e. The number of halogens is 1. The Morgan fingerprint density at radius 3 is 2.50 bits per heavy atom. The summed E-state index contributed by atoms with van der Waals surface area (Å²) in [6, 6.07) is 5.51. The highest BCUT2D eigenvalue weighted by Crippen LogP contribution is 2.26. The number of amides is 1. The molecule has 1 rings (SSSR count). The fourth-order valence-electron chi connectivity index (χ4n) is 1.36. The van der Waals surface area contributed by atoms with E-state index in [1.54, 1.807) is 12.1 Å². The van der Waals surface area contributed by atoms with Crippen LogP contribution in [-0.2, 0) is 0 Å². The summed E-state index contributed by atoms with van der Waals surface area (Å²) in [6.45, 7) is 8.73. The molecule has 0 heterocycles. The smallest absolute Gasteiger partial charge is 0.251 e. The molecule has 3 nitrogen and oxygen atoms in total. The molecule has 0 spiro atoms. The van der Waals surface area contributed by atoms with E-state index in [1.165, 1.54) is 0 Å². The molecule has 0 aromatic heterocycles. The Hall–Kier alpha value is -1.03. The maximum Gasteiger partial charge on any atom is 0.251 e. The molecule has 1 N–H and O–H groups in total. The van der Waals surface area contributed by atoms with Gasteiger partial charge in [0.15, 0.2) is 0 Å². The van der Waals surface area contributed by atoms with E-state index in [1.807, 2.05) is 19.9 Å². The first kappa shape index (κ1) is 15.0. The number of benzene rings is 1. The van der Waals surface area contributed by atoms with Crippen LogP contribution in [0.25, 0.3) is 0 Å². The van der Waals surface area contributed by atoms with Gasteiger partial charge in [-0.05, 0) is 53.9 Å². The van der Waals surface area contributed by atoms with E-state index < -0.39 is 0 Å². The quantitative estimate of drug-likeness (QED) is 0.901. The molecule has 0 fully saturated rings. The predicted octanol–water partition coefficient (Wildman–Crippen LogP) is 3.62. The topological polar surface area (TPSA) is 38.3 Å². The van der Waals surface area contributed by atoms with Crippen LogP contribution in [0.1, 0.15) is 38.1 Å². The van der Waals surface area contributed by atoms with Crippen LogP contribution in [0.15, 0.2) is 22.7 Å². The number of carbonyl (C=O) groups excluding carboxylic acids is 1. The lowest BCUT2D eigenvalue weighted by atomic mass is 10.2. The molecule has 0 radical (unpaired) electrons. The van der Waals surface area contributed by atoms with Crippen molar-refractivity contribution in [1.82, 2.24) is 5.32 Å². The molecule has 0 bridgehead atoms. The van der Waals surface area contributed by atoms with E-state index >= 15 is 0 Å². The molecule has 1 aromatic rings. The van der Waals surface area contributed by atoms with Gasteiger partial charge in [0.25, 0.3) is 5.91 Å². The van der Waals surface area contributed by atoms with Crippen molar-refractivity contribution in [3.05, 3.63) is 28.2 Å². The number of hydrogen-bond donors (Lipinski definition) is 1. The van der Waals surface area contributed by atoms with Crippen molar-refractivity contribution in [3.63, 3.8) is 0 Å². The molecule has 0 saturated heterocycles. The molecule has 1 aromatic carbocycles. The van der Waals surface area contributed by atoms with Crippen LogP contribution in [0.3, 0.4) is 0 Å². The van der Waals surface area contributed by atoms with Crippen molar-refractivity contribution in [2.24, 2.45) is 5.92 Å². The molecule has 0 aliphatic rings. The van der Waals surface area contributed by atoms with Crippen molar-refractivity contribution in [3.8, 4) is 5.75 Å². The van der Waals surface area contributed by atoms with Crippen LogP contribution < -0.4 is 10.1 Å². The second-order valence-corrected chi connectivity index (χ2v) is 5.83. The number of nitrogens with one attached hydrogen (secondary N) is 1. The number of ether oxygens (including phenoxy) is 1. The standard InChI is InChI=1S/C14H20BrNO2/c1-9(2)8-18-13-6-5-11(7-12(13)15)14(17)16-10(3)4/h5-7,9-10H,8H2,1-4H3,(H,16,17). The van der Waals surface area contributed by atoms with Gasteiger partial charge in [-0.25, -0.2) is 0 Å². The zero-order chi connectivity index (χ0) is 13.7. The Bertz CT molecular complexity index is 416. The highest BCUT2D eigenvalue weighted by molar-refractivity contribution is 9.10. The zero-order valence-corrected chi connectivity index (χ0v) is 12.9. The summed E-state index contributed by atoms with van der Waals surface area (Å²) in [7, 11) is 0. The lowest BCUT2D eigenvalue weighted by Crippen LogP contribution is -2.30. The second-order valence-electron chi connectivity index (χ2n) is 4.98. The van der Waals surface area contributed by atoms with E-state index in [0.29, 0.717) is 18.1 Å². The molecule has 0 unspecified atom stereocenters. The van der Waals surface area contributed by atoms with E-state index in [9.17, 15) is 4.79 Å². The first-order valence-electron chi connectivity index (χ1n) is 6.13. The normalized spacial score (nSPS) is 10.8. The number of rotatable bonds is 5. The second kappa shape index (κ2) is 6.78. The lowest BCUT2D eigenvalue weighted by Gasteiger charge is -2.12. The monoisotopic (exact) mass is 313 g/mol. The maximum atomic E-state index is 11.8. The molecule has 18 heavy (non-hydrogen) atoms. The summed E-state index contributed by atoms with van der Waals surface area (Å²) < 4.78 is 6.44. The first-order chi connectivity index (χ1) is 8.40. The zero-order valence-electron chi connectivity index (χ0n) is 11.3. The molecular formula is C14H20BrNO2. The third-order valence-electron chi connectivity index (χ3n) is 2.19. The highest BCUT2D eigenvalue weighted by atomic mass is 79.9. The average Bonchev–Trinajstić information content (AvgIpc) is 2.26. The molecule has 0 aliphatic carbocycles. The Morgan fingerprint density at radius 2 is 2.00 bits per heavy atom. The van der Waals surface area contributed by atoms with E-state index in [4.69, 9.17) is 4.74 Å². The summed E-state index contributed by atoms with van der Waals surface area (Å²) >= 11 is 3.43. The predicted molar refractivity (Wildman–Crippen MR) is 77.1 cm³/mol. The fraction of sp³-hybridized carbons (Fsp3) is 0.500. The maximum absolute atomic E-state index is 11.8. The number of carbonyl (C=O) groups is 1. The Balaban J connectivity index is 2.75. The van der Waals surface area contributed by atoms with Crippen molar-refractivity contribution >= 4 is 21.8 Å². The van der Waals surface area contributed by atoms with Crippen LogP contribution in [-0.4, -0.2) is 18.6 Å². The Labute approximate surface area is 117 Å². The summed E-state index contributed by atoms with van der Waals surface area (Å²) in [6.07, 6.45) is 0. The van der Waals surface area contributed by atoms with Crippen molar-refractivity contribution < 1.29 is 9.53 Å². The summed E-state index contributed by atoms with van der Waals surface area (Å²) in [5.74, 6) is 1.17. The molecular weight excluding hydrogens is 294 g/mol. The highest BCUT2D eigenvalue weighted by Gasteiger charge is 2.10. The molecule has 0 atom stereocenters. The SMILES string of the molecule is CC(C)COc1ccc(C(=O)NC(C)C)cc1Br. The third-order valence-corrected chi connectivity index (χ3v) is 2.81. The molecule has 4 heteroatoms. The average molecular weight is 314 g/mol. The summed E-state index contributed by atoms with van der Waals surface area (Å²) in [4.78, 5) is 11.8. The van der Waals surface area contributed by atoms with E-state index in [2.05, 4.69) is 35.1 Å². The molecule has 0 aliphatic heterocycles. The van der Waals surface area contributed by atoms with Gasteiger partial charge in [0, 0.05) is 11.6 Å². The number of hydrogen-bond acceptors (Lipinski definition) is 2. The molecule has 100 valence electrons. The van der Waals surface area contributed by atoms with Crippen molar-refractivity contribution in [2.45, 2.75) is 33.7 Å².